The van der Waals surface area contributed by atoms with Crippen molar-refractivity contribution in [1.82, 2.24) is 4.90 Å². The lowest BCUT2D eigenvalue weighted by atomic mass is 9.88. The zero-order chi connectivity index (χ0) is 15.2. The first-order valence-corrected chi connectivity index (χ1v) is 7.86. The molecule has 0 bridgehead atoms. The molecule has 0 saturated carbocycles. The number of nitrogens with two attached hydrogens (primary N) is 1. The van der Waals surface area contributed by atoms with Crippen LogP contribution in [0.3, 0.4) is 0 Å². The van der Waals surface area contributed by atoms with Crippen LogP contribution in [0.5, 0.6) is 11.5 Å². The van der Waals surface area contributed by atoms with Crippen molar-refractivity contribution in [2.45, 2.75) is 38.8 Å². The molecule has 0 amide bonds. The van der Waals surface area contributed by atoms with Crippen molar-refractivity contribution >= 4 is 0 Å². The fourth-order valence-corrected chi connectivity index (χ4v) is 3.22. The summed E-state index contributed by atoms with van der Waals surface area (Å²) >= 11 is 0. The van der Waals surface area contributed by atoms with Crippen LogP contribution >= 0.6 is 0 Å². The van der Waals surface area contributed by atoms with Crippen molar-refractivity contribution < 1.29 is 9.47 Å². The second kappa shape index (κ2) is 7.66. The van der Waals surface area contributed by atoms with Crippen LogP contribution in [0.2, 0.25) is 0 Å². The molecule has 2 unspecified atom stereocenters. The summed E-state index contributed by atoms with van der Waals surface area (Å²) in [6, 6.07) is 6.65. The van der Waals surface area contributed by atoms with Gasteiger partial charge in [0.05, 0.1) is 14.2 Å². The van der Waals surface area contributed by atoms with Gasteiger partial charge in [0.1, 0.15) is 0 Å². The maximum atomic E-state index is 5.98. The van der Waals surface area contributed by atoms with E-state index < -0.39 is 0 Å². The Labute approximate surface area is 128 Å². The first-order valence-electron chi connectivity index (χ1n) is 7.86. The normalized spacial score (nSPS) is 23.0. The summed E-state index contributed by atoms with van der Waals surface area (Å²) in [7, 11) is 3.34. The van der Waals surface area contributed by atoms with Gasteiger partial charge in [0.25, 0.3) is 0 Å². The highest BCUT2D eigenvalue weighted by Gasteiger charge is 2.26. The van der Waals surface area contributed by atoms with Crippen LogP contribution in [0.15, 0.2) is 18.2 Å². The molecule has 4 nitrogen and oxygen atoms in total. The van der Waals surface area contributed by atoms with E-state index in [1.807, 2.05) is 6.07 Å². The van der Waals surface area contributed by atoms with Crippen LogP contribution in [-0.2, 0) is 6.54 Å². The number of likely N-dealkylation sites (tertiary alicyclic amines) is 1. The van der Waals surface area contributed by atoms with Gasteiger partial charge in [-0.25, -0.2) is 0 Å². The van der Waals surface area contributed by atoms with E-state index in [-0.39, 0.29) is 0 Å². The second-order valence-electron chi connectivity index (χ2n) is 5.85. The molecule has 0 aromatic heterocycles. The van der Waals surface area contributed by atoms with E-state index in [2.05, 4.69) is 24.0 Å². The molecule has 2 rings (SSSR count). The molecule has 118 valence electrons. The molecule has 0 spiro atoms. The third-order valence-corrected chi connectivity index (χ3v) is 4.63. The standard InChI is InChI=1S/C17H28N2O2/c1-4-13-7-8-19(15(9-13)11-18)12-14-5-6-16(20-2)17(10-14)21-3/h5-6,10,13,15H,4,7-9,11-12,18H2,1-3H3. The smallest absolute Gasteiger partial charge is 0.161 e. The molecule has 2 N–H and O–H groups in total. The number of nitrogens with zero attached hydrogens (tertiary/aromatic N) is 1. The largest absolute Gasteiger partial charge is 0.493 e. The minimum absolute atomic E-state index is 0.497. The highest BCUT2D eigenvalue weighted by atomic mass is 16.5. The topological polar surface area (TPSA) is 47.7 Å². The SMILES string of the molecule is CCC1CCN(Cc2ccc(OC)c(OC)c2)C(CN)C1. The summed E-state index contributed by atoms with van der Waals surface area (Å²) in [6.45, 7) is 5.08. The Hall–Kier alpha value is -1.26. The Morgan fingerprint density at radius 3 is 2.62 bits per heavy atom. The van der Waals surface area contributed by atoms with Crippen LogP contribution in [0, 0.1) is 5.92 Å². The van der Waals surface area contributed by atoms with Gasteiger partial charge < -0.3 is 15.2 Å². The summed E-state index contributed by atoms with van der Waals surface area (Å²) in [4.78, 5) is 2.51. The highest BCUT2D eigenvalue weighted by Crippen LogP contribution is 2.30. The van der Waals surface area contributed by atoms with Gasteiger partial charge in [-0.15, -0.1) is 0 Å². The number of methoxy groups -OCH3 is 2. The lowest BCUT2D eigenvalue weighted by molar-refractivity contribution is 0.107. The Kier molecular flexibility index (Phi) is 5.88. The molecule has 2 atom stereocenters. The predicted octanol–water partition coefficient (Wildman–Crippen LogP) is 2.65. The molecule has 21 heavy (non-hydrogen) atoms. The monoisotopic (exact) mass is 292 g/mol. The van der Waals surface area contributed by atoms with Gasteiger partial charge in [-0.1, -0.05) is 19.4 Å². The second-order valence-corrected chi connectivity index (χ2v) is 5.85. The average molecular weight is 292 g/mol. The van der Waals surface area contributed by atoms with Crippen LogP contribution in [0.1, 0.15) is 31.7 Å². The van der Waals surface area contributed by atoms with E-state index in [4.69, 9.17) is 15.2 Å². The first kappa shape index (κ1) is 16.1. The summed E-state index contributed by atoms with van der Waals surface area (Å²) in [5.74, 6) is 2.41. The minimum Gasteiger partial charge on any atom is -0.493 e. The highest BCUT2D eigenvalue weighted by molar-refractivity contribution is 5.42. The van der Waals surface area contributed by atoms with E-state index in [0.29, 0.717) is 6.04 Å². The molecule has 1 aromatic rings. The third-order valence-electron chi connectivity index (χ3n) is 4.63. The summed E-state index contributed by atoms with van der Waals surface area (Å²) in [6.07, 6.45) is 3.77. The van der Waals surface area contributed by atoms with Gasteiger partial charge in [-0.3, -0.25) is 4.90 Å². The Balaban J connectivity index is 2.06. The molecular formula is C17H28N2O2. The zero-order valence-corrected chi connectivity index (χ0v) is 13.5. The lowest BCUT2D eigenvalue weighted by Gasteiger charge is -2.39. The number of piperidine rings is 1. The third kappa shape index (κ3) is 3.89. The number of rotatable bonds is 6. The zero-order valence-electron chi connectivity index (χ0n) is 13.5. The maximum absolute atomic E-state index is 5.98. The fraction of sp³-hybridized carbons (Fsp3) is 0.647. The maximum Gasteiger partial charge on any atom is 0.161 e. The van der Waals surface area contributed by atoms with E-state index >= 15 is 0 Å². The predicted molar refractivity (Wildman–Crippen MR) is 85.8 cm³/mol. The van der Waals surface area contributed by atoms with Gasteiger partial charge in [0.2, 0.25) is 0 Å². The van der Waals surface area contributed by atoms with E-state index in [0.717, 1.165) is 37.1 Å². The van der Waals surface area contributed by atoms with Crippen molar-refractivity contribution in [2.75, 3.05) is 27.3 Å². The number of benzene rings is 1. The molecule has 1 fully saturated rings. The molecule has 4 heteroatoms. The van der Waals surface area contributed by atoms with Crippen LogP contribution < -0.4 is 15.2 Å². The quantitative estimate of drug-likeness (QED) is 0.875. The van der Waals surface area contributed by atoms with Gasteiger partial charge in [0.15, 0.2) is 11.5 Å². The van der Waals surface area contributed by atoms with E-state index in [1.54, 1.807) is 14.2 Å². The van der Waals surface area contributed by atoms with Crippen LogP contribution in [-0.4, -0.2) is 38.3 Å². The average Bonchev–Trinajstić information content (AvgIpc) is 2.55. The summed E-state index contributed by atoms with van der Waals surface area (Å²) < 4.78 is 10.7. The number of hydrogen-bond donors (Lipinski definition) is 1. The van der Waals surface area contributed by atoms with E-state index in [1.165, 1.54) is 24.8 Å². The van der Waals surface area contributed by atoms with Crippen molar-refractivity contribution in [2.24, 2.45) is 11.7 Å². The fourth-order valence-electron chi connectivity index (χ4n) is 3.22. The van der Waals surface area contributed by atoms with E-state index in [9.17, 15) is 0 Å². The van der Waals surface area contributed by atoms with Crippen molar-refractivity contribution in [3.05, 3.63) is 23.8 Å². The van der Waals surface area contributed by atoms with Crippen LogP contribution in [0.25, 0.3) is 0 Å². The minimum atomic E-state index is 0.497. The molecule has 1 aliphatic rings. The van der Waals surface area contributed by atoms with Gasteiger partial charge in [0, 0.05) is 19.1 Å². The summed E-state index contributed by atoms with van der Waals surface area (Å²) in [5.41, 5.74) is 7.23. The molecular weight excluding hydrogens is 264 g/mol. The Morgan fingerprint density at radius 2 is 2.00 bits per heavy atom. The summed E-state index contributed by atoms with van der Waals surface area (Å²) in [5, 5.41) is 0. The van der Waals surface area contributed by atoms with Crippen molar-refractivity contribution in [3.63, 3.8) is 0 Å². The van der Waals surface area contributed by atoms with Gasteiger partial charge in [-0.2, -0.15) is 0 Å². The van der Waals surface area contributed by atoms with Gasteiger partial charge in [-0.05, 0) is 43.0 Å². The van der Waals surface area contributed by atoms with Gasteiger partial charge >= 0.3 is 0 Å². The van der Waals surface area contributed by atoms with Crippen molar-refractivity contribution in [1.29, 1.82) is 0 Å². The molecule has 1 aromatic carbocycles. The molecule has 0 aliphatic carbocycles. The number of ether oxygens (including phenoxy) is 2. The molecule has 1 aliphatic heterocycles. The van der Waals surface area contributed by atoms with Crippen molar-refractivity contribution in [3.8, 4) is 11.5 Å². The molecule has 1 saturated heterocycles. The first-order chi connectivity index (χ1) is 10.2. The molecule has 0 radical (unpaired) electrons. The number of hydrogen-bond acceptors (Lipinski definition) is 4. The Morgan fingerprint density at radius 1 is 1.24 bits per heavy atom. The Bertz CT molecular complexity index is 450. The lowest BCUT2D eigenvalue weighted by Crippen LogP contribution is -2.46. The molecule has 1 heterocycles. The van der Waals surface area contributed by atoms with Crippen LogP contribution in [0.4, 0.5) is 0 Å².